The molecule has 3 aliphatic rings. The first-order chi connectivity index (χ1) is 12.3. The van der Waals surface area contributed by atoms with E-state index < -0.39 is 34.4 Å². The molecule has 0 radical (unpaired) electrons. The minimum atomic E-state index is -4.81. The van der Waals surface area contributed by atoms with E-state index in [1.165, 1.54) is 4.90 Å². The molecule has 3 rings (SSSR count). The van der Waals surface area contributed by atoms with Gasteiger partial charge in [0.1, 0.15) is 6.04 Å². The number of urea groups is 1. The monoisotopic (exact) mass is 394 g/mol. The number of fused-ring (bicyclic) bond motifs is 2. The molecule has 148 valence electrons. The van der Waals surface area contributed by atoms with Crippen molar-refractivity contribution in [1.82, 2.24) is 20.3 Å². The normalized spacial score (nSPS) is 27.0. The van der Waals surface area contributed by atoms with Crippen molar-refractivity contribution in [2.75, 3.05) is 46.0 Å². The Labute approximate surface area is 150 Å². The number of morpholine rings is 1. The van der Waals surface area contributed by atoms with Crippen LogP contribution in [0.3, 0.4) is 0 Å². The molecule has 2 atom stereocenters. The Balaban J connectivity index is 1.46. The van der Waals surface area contributed by atoms with Crippen LogP contribution in [-0.4, -0.2) is 97.9 Å². The fourth-order valence-corrected chi connectivity index (χ4v) is 3.68. The van der Waals surface area contributed by atoms with Gasteiger partial charge in [-0.2, -0.15) is 13.5 Å². The molecule has 0 saturated carbocycles. The summed E-state index contributed by atoms with van der Waals surface area (Å²) >= 11 is 0. The number of carbonyl (C=O) groups excluding carboxylic acids is 2. The van der Waals surface area contributed by atoms with E-state index in [9.17, 15) is 18.0 Å². The van der Waals surface area contributed by atoms with Crippen molar-refractivity contribution in [3.05, 3.63) is 0 Å². The van der Waals surface area contributed by atoms with E-state index in [0.717, 1.165) is 13.1 Å². The first kappa shape index (κ1) is 19.3. The summed E-state index contributed by atoms with van der Waals surface area (Å²) in [6.07, 6.45) is 0.698. The average molecular weight is 394 g/mol. The maximum Gasteiger partial charge on any atom is 0.418 e. The standard InChI is InChI=1S/C13H22N4O8S/c18-12(14-24-8-5-15-3-6-23-7-4-15)11-2-1-10-9-16(11)13(19)17(10)25-26(20,21)22/h10-11H,1-9H2,(H,14,18)(H,20,21,22)/t10?,11-/m0/s1. The van der Waals surface area contributed by atoms with E-state index >= 15 is 0 Å². The average Bonchev–Trinajstić information content (AvgIpc) is 2.83. The van der Waals surface area contributed by atoms with Crippen LogP contribution in [0.4, 0.5) is 4.79 Å². The van der Waals surface area contributed by atoms with Crippen LogP contribution in [0.5, 0.6) is 0 Å². The Morgan fingerprint density at radius 2 is 2.04 bits per heavy atom. The summed E-state index contributed by atoms with van der Waals surface area (Å²) in [4.78, 5) is 33.1. The minimum absolute atomic E-state index is 0.139. The predicted molar refractivity (Wildman–Crippen MR) is 84.7 cm³/mol. The highest BCUT2D eigenvalue weighted by atomic mass is 32.3. The fraction of sp³-hybridized carbons (Fsp3) is 0.846. The van der Waals surface area contributed by atoms with Crippen LogP contribution < -0.4 is 5.48 Å². The predicted octanol–water partition coefficient (Wildman–Crippen LogP) is -1.63. The number of carbonyl (C=O) groups is 2. The lowest BCUT2D eigenvalue weighted by atomic mass is 10.0. The maximum atomic E-state index is 12.3. The zero-order valence-electron chi connectivity index (χ0n) is 14.1. The Hall–Kier alpha value is -1.51. The zero-order chi connectivity index (χ0) is 18.7. The Morgan fingerprint density at radius 3 is 2.73 bits per heavy atom. The SMILES string of the molecule is O=C(NOCCN1CCOCC1)[C@@H]1CCC2CN1C(=O)N2OS(=O)(=O)O. The van der Waals surface area contributed by atoms with Gasteiger partial charge in [0.05, 0.1) is 25.9 Å². The molecular formula is C13H22N4O8S. The Kier molecular flexibility index (Phi) is 5.94. The highest BCUT2D eigenvalue weighted by Crippen LogP contribution is 2.30. The van der Waals surface area contributed by atoms with Gasteiger partial charge in [0.2, 0.25) is 0 Å². The number of nitrogens with zero attached hydrogens (tertiary/aromatic N) is 3. The summed E-state index contributed by atoms with van der Waals surface area (Å²) in [5, 5.41) is 0.599. The summed E-state index contributed by atoms with van der Waals surface area (Å²) in [5.74, 6) is -0.479. The molecule has 3 heterocycles. The summed E-state index contributed by atoms with van der Waals surface area (Å²) < 4.78 is 40.0. The molecule has 0 aromatic rings. The number of nitrogens with one attached hydrogen (secondary N) is 1. The van der Waals surface area contributed by atoms with Crippen LogP contribution in [0.1, 0.15) is 12.8 Å². The third kappa shape index (κ3) is 4.61. The van der Waals surface area contributed by atoms with Gasteiger partial charge >= 0.3 is 16.4 Å². The van der Waals surface area contributed by atoms with Gasteiger partial charge in [0.15, 0.2) is 0 Å². The lowest BCUT2D eigenvalue weighted by molar-refractivity contribution is -0.139. The van der Waals surface area contributed by atoms with E-state index in [1.54, 1.807) is 0 Å². The Morgan fingerprint density at radius 1 is 1.31 bits per heavy atom. The third-order valence-corrected chi connectivity index (χ3v) is 4.94. The second-order valence-corrected chi connectivity index (χ2v) is 7.28. The van der Waals surface area contributed by atoms with Gasteiger partial charge in [-0.3, -0.25) is 19.1 Å². The smallest absolute Gasteiger partial charge is 0.379 e. The molecule has 0 aliphatic carbocycles. The van der Waals surface area contributed by atoms with Crippen molar-refractivity contribution in [2.24, 2.45) is 0 Å². The summed E-state index contributed by atoms with van der Waals surface area (Å²) in [6, 6.07) is -2.09. The topological polar surface area (TPSA) is 138 Å². The van der Waals surface area contributed by atoms with Crippen LogP contribution in [0.25, 0.3) is 0 Å². The van der Waals surface area contributed by atoms with Crippen molar-refractivity contribution in [3.8, 4) is 0 Å². The van der Waals surface area contributed by atoms with E-state index in [0.29, 0.717) is 44.3 Å². The first-order valence-corrected chi connectivity index (χ1v) is 9.70. The second kappa shape index (κ2) is 8.02. The molecule has 2 N–H and O–H groups in total. The molecule has 26 heavy (non-hydrogen) atoms. The number of hydroxylamine groups is 3. The van der Waals surface area contributed by atoms with Crippen LogP contribution in [0.2, 0.25) is 0 Å². The molecule has 13 heteroatoms. The summed E-state index contributed by atoms with van der Waals surface area (Å²) in [5.41, 5.74) is 2.34. The molecule has 3 fully saturated rings. The second-order valence-electron chi connectivity index (χ2n) is 6.28. The molecule has 3 amide bonds. The molecule has 3 aliphatic heterocycles. The van der Waals surface area contributed by atoms with Gasteiger partial charge in [-0.1, -0.05) is 0 Å². The van der Waals surface area contributed by atoms with Crippen molar-refractivity contribution < 1.29 is 36.4 Å². The quantitative estimate of drug-likeness (QED) is 0.296. The van der Waals surface area contributed by atoms with Gasteiger partial charge < -0.3 is 9.64 Å². The van der Waals surface area contributed by atoms with Crippen molar-refractivity contribution in [2.45, 2.75) is 24.9 Å². The van der Waals surface area contributed by atoms with Gasteiger partial charge in [0.25, 0.3) is 5.91 Å². The highest BCUT2D eigenvalue weighted by molar-refractivity contribution is 7.80. The van der Waals surface area contributed by atoms with Crippen LogP contribution in [0, 0.1) is 0 Å². The summed E-state index contributed by atoms with van der Waals surface area (Å²) in [6.45, 7) is 4.06. The first-order valence-electron chi connectivity index (χ1n) is 8.34. The molecule has 0 aromatic heterocycles. The van der Waals surface area contributed by atoms with Crippen LogP contribution in [-0.2, 0) is 29.1 Å². The molecule has 0 aromatic carbocycles. The highest BCUT2D eigenvalue weighted by Gasteiger charge is 2.49. The lowest BCUT2D eigenvalue weighted by Gasteiger charge is -2.29. The number of hydrogen-bond acceptors (Lipinski definition) is 8. The van der Waals surface area contributed by atoms with Crippen LogP contribution >= 0.6 is 0 Å². The van der Waals surface area contributed by atoms with Crippen molar-refractivity contribution in [1.29, 1.82) is 0 Å². The van der Waals surface area contributed by atoms with Gasteiger partial charge in [-0.15, -0.1) is 4.28 Å². The third-order valence-electron chi connectivity index (χ3n) is 4.59. The van der Waals surface area contributed by atoms with Crippen molar-refractivity contribution >= 4 is 22.3 Å². The van der Waals surface area contributed by atoms with Gasteiger partial charge in [-0.05, 0) is 12.8 Å². The zero-order valence-corrected chi connectivity index (χ0v) is 14.9. The molecule has 12 nitrogen and oxygen atoms in total. The number of hydrogen-bond donors (Lipinski definition) is 2. The van der Waals surface area contributed by atoms with Crippen molar-refractivity contribution in [3.63, 3.8) is 0 Å². The van der Waals surface area contributed by atoms with E-state index in [4.69, 9.17) is 14.1 Å². The van der Waals surface area contributed by atoms with E-state index in [2.05, 4.69) is 14.7 Å². The van der Waals surface area contributed by atoms with Gasteiger partial charge in [0, 0.05) is 26.2 Å². The number of amides is 3. The molecule has 2 bridgehead atoms. The van der Waals surface area contributed by atoms with E-state index in [-0.39, 0.29) is 6.54 Å². The fourth-order valence-electron chi connectivity index (χ4n) is 3.29. The van der Waals surface area contributed by atoms with Crippen LogP contribution in [0.15, 0.2) is 0 Å². The largest absolute Gasteiger partial charge is 0.418 e. The minimum Gasteiger partial charge on any atom is -0.379 e. The molecule has 0 spiro atoms. The molecule has 1 unspecified atom stereocenters. The van der Waals surface area contributed by atoms with E-state index in [1.807, 2.05) is 0 Å². The molecule has 3 saturated heterocycles. The number of ether oxygens (including phenoxy) is 1. The summed E-state index contributed by atoms with van der Waals surface area (Å²) in [7, 11) is -4.81. The van der Waals surface area contributed by atoms with Gasteiger partial charge in [-0.25, -0.2) is 10.3 Å². The number of piperidine rings is 1. The lowest BCUT2D eigenvalue weighted by Crippen LogP contribution is -2.50. The number of rotatable bonds is 7. The maximum absolute atomic E-state index is 12.3. The Bertz CT molecular complexity index is 638. The molecular weight excluding hydrogens is 372 g/mol.